The van der Waals surface area contributed by atoms with Crippen LogP contribution in [0.25, 0.3) is 10.9 Å². The molecule has 10 heteroatoms. The number of benzene rings is 2. The molecule has 9 nitrogen and oxygen atoms in total. The fourth-order valence-electron chi connectivity index (χ4n) is 4.94. The molecule has 2 aromatic heterocycles. The molecule has 0 radical (unpaired) electrons. The maximum absolute atomic E-state index is 12.9. The normalized spacial score (nSPS) is 15.5. The third-order valence-electron chi connectivity index (χ3n) is 7.06. The van der Waals surface area contributed by atoms with Crippen LogP contribution in [0.4, 0.5) is 11.4 Å². The summed E-state index contributed by atoms with van der Waals surface area (Å²) in [6, 6.07) is 12.1. The molecule has 198 valence electrons. The zero-order valence-corrected chi connectivity index (χ0v) is 23.6. The van der Waals surface area contributed by atoms with Gasteiger partial charge in [-0.1, -0.05) is 44.2 Å². The highest BCUT2D eigenvalue weighted by Gasteiger charge is 2.31. The highest BCUT2D eigenvalue weighted by molar-refractivity contribution is 9.10. The third kappa shape index (κ3) is 4.94. The van der Waals surface area contributed by atoms with Crippen molar-refractivity contribution < 1.29 is 4.79 Å². The van der Waals surface area contributed by atoms with Crippen molar-refractivity contribution in [1.82, 2.24) is 25.3 Å². The van der Waals surface area contributed by atoms with Crippen LogP contribution in [-0.4, -0.2) is 32.4 Å². The van der Waals surface area contributed by atoms with Crippen molar-refractivity contribution in [3.05, 3.63) is 75.1 Å². The van der Waals surface area contributed by atoms with Crippen molar-refractivity contribution in [1.29, 1.82) is 5.26 Å². The lowest BCUT2D eigenvalue weighted by Gasteiger charge is -2.23. The van der Waals surface area contributed by atoms with E-state index in [1.54, 1.807) is 6.20 Å². The zero-order chi connectivity index (χ0) is 27.3. The number of fused-ring (bicyclic) bond motifs is 2. The fourth-order valence-corrected chi connectivity index (χ4v) is 5.50. The van der Waals surface area contributed by atoms with Crippen LogP contribution in [-0.2, 0) is 6.54 Å². The van der Waals surface area contributed by atoms with E-state index in [9.17, 15) is 10.1 Å². The van der Waals surface area contributed by atoms with Crippen LogP contribution < -0.4 is 16.0 Å². The number of carbonyl (C=O) groups is 1. The summed E-state index contributed by atoms with van der Waals surface area (Å²) in [6.45, 7) is 7.63. The minimum absolute atomic E-state index is 0.0160. The second-order valence-electron chi connectivity index (χ2n) is 11.4. The Morgan fingerprint density at radius 3 is 2.85 bits per heavy atom. The Kier molecular flexibility index (Phi) is 6.26. The molecular weight excluding hydrogens is 556 g/mol. The minimum atomic E-state index is -0.418. The standard InChI is InChI=1S/C29H29BrN8O/c1-29(2,3)15-34-25-17(11-31)13-32-26-21(25)9-18(10-22(26)30)35-27(23-14-38(37-36-23)19-7-8-19)20-6-4-5-16-12-33-28(39)24(16)20/h4-6,9-10,13-14,19,27,35H,7-8,12,15H2,1-3H3,(H,32,34)(H,33,39)/t27-/m0/s1. The summed E-state index contributed by atoms with van der Waals surface area (Å²) >= 11 is 3.70. The van der Waals surface area contributed by atoms with Gasteiger partial charge in [-0.2, -0.15) is 5.26 Å². The number of anilines is 2. The average molecular weight is 586 g/mol. The molecule has 4 aromatic rings. The second-order valence-corrected chi connectivity index (χ2v) is 12.3. The van der Waals surface area contributed by atoms with Gasteiger partial charge in [-0.3, -0.25) is 9.78 Å². The van der Waals surface area contributed by atoms with Crippen LogP contribution in [0.5, 0.6) is 0 Å². The monoisotopic (exact) mass is 584 g/mol. The number of hydrogen-bond acceptors (Lipinski definition) is 7. The molecule has 0 unspecified atom stereocenters. The predicted octanol–water partition coefficient (Wildman–Crippen LogP) is 5.70. The van der Waals surface area contributed by atoms with Gasteiger partial charge in [0.25, 0.3) is 5.91 Å². The predicted molar refractivity (Wildman–Crippen MR) is 153 cm³/mol. The fraction of sp³-hybridized carbons (Fsp3) is 0.345. The highest BCUT2D eigenvalue weighted by atomic mass is 79.9. The second kappa shape index (κ2) is 9.65. The van der Waals surface area contributed by atoms with E-state index in [0.717, 1.165) is 56.4 Å². The third-order valence-corrected chi connectivity index (χ3v) is 7.66. The van der Waals surface area contributed by atoms with Gasteiger partial charge in [0.15, 0.2) is 0 Å². The van der Waals surface area contributed by atoms with Crippen molar-refractivity contribution in [2.24, 2.45) is 5.41 Å². The van der Waals surface area contributed by atoms with Crippen LogP contribution in [0.1, 0.15) is 78.4 Å². The number of aromatic nitrogens is 4. The first-order valence-corrected chi connectivity index (χ1v) is 13.9. The number of hydrogen-bond donors (Lipinski definition) is 3. The van der Waals surface area contributed by atoms with Crippen LogP contribution in [0.15, 0.2) is 47.2 Å². The number of nitrogens with zero attached hydrogens (tertiary/aromatic N) is 5. The first-order chi connectivity index (χ1) is 18.7. The lowest BCUT2D eigenvalue weighted by atomic mass is 9.95. The molecule has 3 heterocycles. The minimum Gasteiger partial charge on any atom is -0.383 e. The van der Waals surface area contributed by atoms with E-state index in [1.807, 2.05) is 41.2 Å². The molecule has 39 heavy (non-hydrogen) atoms. The molecule has 0 saturated heterocycles. The molecule has 6 rings (SSSR count). The van der Waals surface area contributed by atoms with E-state index in [0.29, 0.717) is 30.3 Å². The summed E-state index contributed by atoms with van der Waals surface area (Å²) < 4.78 is 2.71. The molecule has 1 aliphatic heterocycles. The Morgan fingerprint density at radius 1 is 1.28 bits per heavy atom. The summed E-state index contributed by atoms with van der Waals surface area (Å²) in [6.07, 6.45) is 5.78. The molecule has 2 aliphatic rings. The number of halogens is 1. The number of carbonyl (C=O) groups excluding carboxylic acids is 1. The van der Waals surface area contributed by atoms with Gasteiger partial charge in [0.05, 0.1) is 35.0 Å². The van der Waals surface area contributed by atoms with Gasteiger partial charge in [-0.15, -0.1) is 5.10 Å². The van der Waals surface area contributed by atoms with Crippen LogP contribution in [0.2, 0.25) is 0 Å². The van der Waals surface area contributed by atoms with Crippen LogP contribution in [0, 0.1) is 16.7 Å². The van der Waals surface area contributed by atoms with Gasteiger partial charge < -0.3 is 16.0 Å². The Bertz CT molecular complexity index is 1640. The molecule has 1 fully saturated rings. The van der Waals surface area contributed by atoms with Gasteiger partial charge in [-0.05, 0) is 57.4 Å². The van der Waals surface area contributed by atoms with E-state index in [2.05, 4.69) is 74.0 Å². The molecule has 1 aliphatic carbocycles. The van der Waals surface area contributed by atoms with Crippen molar-refractivity contribution in [3.63, 3.8) is 0 Å². The number of rotatable bonds is 7. The summed E-state index contributed by atoms with van der Waals surface area (Å²) in [5.41, 5.74) is 6.03. The van der Waals surface area contributed by atoms with Crippen molar-refractivity contribution in [2.75, 3.05) is 17.2 Å². The van der Waals surface area contributed by atoms with Crippen LogP contribution >= 0.6 is 15.9 Å². The average Bonchev–Trinajstić information content (AvgIpc) is 3.52. The van der Waals surface area contributed by atoms with Gasteiger partial charge >= 0.3 is 0 Å². The lowest BCUT2D eigenvalue weighted by molar-refractivity contribution is 0.0965. The Balaban J connectivity index is 1.46. The first kappa shape index (κ1) is 25.3. The summed E-state index contributed by atoms with van der Waals surface area (Å²) in [7, 11) is 0. The maximum atomic E-state index is 12.9. The van der Waals surface area contributed by atoms with Crippen molar-refractivity contribution in [3.8, 4) is 6.07 Å². The molecular formula is C29H29BrN8O. The smallest absolute Gasteiger partial charge is 0.252 e. The van der Waals surface area contributed by atoms with Crippen molar-refractivity contribution >= 4 is 44.1 Å². The van der Waals surface area contributed by atoms with Crippen LogP contribution in [0.3, 0.4) is 0 Å². The Hall–Kier alpha value is -3.97. The molecule has 0 spiro atoms. The quantitative estimate of drug-likeness (QED) is 0.255. The lowest BCUT2D eigenvalue weighted by Crippen LogP contribution is -2.20. The number of amides is 1. The molecule has 2 aromatic carbocycles. The molecule has 0 bridgehead atoms. The number of nitrogens with one attached hydrogen (secondary N) is 3. The molecule has 1 atom stereocenters. The Labute approximate surface area is 235 Å². The largest absolute Gasteiger partial charge is 0.383 e. The van der Waals surface area contributed by atoms with Gasteiger partial charge in [0.2, 0.25) is 0 Å². The van der Waals surface area contributed by atoms with E-state index < -0.39 is 6.04 Å². The molecule has 1 saturated carbocycles. The number of nitriles is 1. The summed E-state index contributed by atoms with van der Waals surface area (Å²) in [5, 5.41) is 29.7. The maximum Gasteiger partial charge on any atom is 0.252 e. The molecule has 1 amide bonds. The van der Waals surface area contributed by atoms with Gasteiger partial charge in [-0.25, -0.2) is 4.68 Å². The number of pyridine rings is 1. The van der Waals surface area contributed by atoms with E-state index in [4.69, 9.17) is 0 Å². The van der Waals surface area contributed by atoms with E-state index in [-0.39, 0.29) is 11.3 Å². The highest BCUT2D eigenvalue weighted by Crippen LogP contribution is 2.38. The van der Waals surface area contributed by atoms with E-state index in [1.165, 1.54) is 0 Å². The van der Waals surface area contributed by atoms with Gasteiger partial charge in [0.1, 0.15) is 11.8 Å². The van der Waals surface area contributed by atoms with E-state index >= 15 is 0 Å². The Morgan fingerprint density at radius 2 is 2.10 bits per heavy atom. The molecule has 3 N–H and O–H groups in total. The van der Waals surface area contributed by atoms with Gasteiger partial charge in [0, 0.05) is 40.4 Å². The SMILES string of the molecule is CC(C)(C)CNc1c(C#N)cnc2c(Br)cc(N[C@H](c3cn(C4CC4)nn3)c3cccc4c3C(=O)NC4)cc12. The summed E-state index contributed by atoms with van der Waals surface area (Å²) in [5.74, 6) is -0.0850. The van der Waals surface area contributed by atoms with Crippen molar-refractivity contribution in [2.45, 2.75) is 52.2 Å². The zero-order valence-electron chi connectivity index (χ0n) is 22.0. The summed E-state index contributed by atoms with van der Waals surface area (Å²) in [4.78, 5) is 17.4. The first-order valence-electron chi connectivity index (χ1n) is 13.1. The topological polar surface area (TPSA) is 121 Å².